The van der Waals surface area contributed by atoms with Gasteiger partial charge in [0.05, 0.1) is 5.39 Å². The van der Waals surface area contributed by atoms with Gasteiger partial charge in [0, 0.05) is 25.5 Å². The molecule has 23 heavy (non-hydrogen) atoms. The Hall–Kier alpha value is -2.41. The summed E-state index contributed by atoms with van der Waals surface area (Å²) in [5.41, 5.74) is 0.643. The van der Waals surface area contributed by atoms with Gasteiger partial charge >= 0.3 is 5.97 Å². The van der Waals surface area contributed by atoms with Crippen LogP contribution in [0.4, 0.5) is 5.82 Å². The highest BCUT2D eigenvalue weighted by Crippen LogP contribution is 2.22. The molecule has 0 radical (unpaired) electrons. The molecular weight excluding hydrogens is 296 g/mol. The predicted octanol–water partition coefficient (Wildman–Crippen LogP) is 0.787. The summed E-state index contributed by atoms with van der Waals surface area (Å²) in [6.07, 6.45) is 0. The Labute approximate surface area is 134 Å². The molecule has 1 heterocycles. The molecular formula is C16H22N4O3. The number of aryl methyl sites for hydroxylation is 1. The van der Waals surface area contributed by atoms with E-state index in [2.05, 4.69) is 10.00 Å². The molecule has 0 saturated carbocycles. The summed E-state index contributed by atoms with van der Waals surface area (Å²) in [5, 5.41) is 14.5. The first-order chi connectivity index (χ1) is 10.8. The third-order valence-electron chi connectivity index (χ3n) is 3.63. The van der Waals surface area contributed by atoms with Crippen LogP contribution in [0.1, 0.15) is 5.56 Å². The maximum atomic E-state index is 12.4. The normalized spacial score (nSPS) is 11.2. The van der Waals surface area contributed by atoms with E-state index in [4.69, 9.17) is 5.11 Å². The summed E-state index contributed by atoms with van der Waals surface area (Å²) in [4.78, 5) is 27.4. The van der Waals surface area contributed by atoms with Crippen molar-refractivity contribution in [1.82, 2.24) is 14.7 Å². The third-order valence-corrected chi connectivity index (χ3v) is 3.63. The Morgan fingerprint density at radius 1 is 1.22 bits per heavy atom. The lowest BCUT2D eigenvalue weighted by Crippen LogP contribution is -2.33. The summed E-state index contributed by atoms with van der Waals surface area (Å²) in [7, 11) is 5.85. The fourth-order valence-corrected chi connectivity index (χ4v) is 2.36. The van der Waals surface area contributed by atoms with Crippen molar-refractivity contribution >= 4 is 22.6 Å². The van der Waals surface area contributed by atoms with Gasteiger partial charge in [0.2, 0.25) is 0 Å². The summed E-state index contributed by atoms with van der Waals surface area (Å²) in [5.74, 6) is -0.473. The summed E-state index contributed by atoms with van der Waals surface area (Å²) >= 11 is 0. The lowest BCUT2D eigenvalue weighted by atomic mass is 10.1. The van der Waals surface area contributed by atoms with Crippen molar-refractivity contribution in [3.05, 3.63) is 34.1 Å². The van der Waals surface area contributed by atoms with Crippen molar-refractivity contribution in [2.75, 3.05) is 39.1 Å². The van der Waals surface area contributed by atoms with Crippen molar-refractivity contribution in [2.45, 2.75) is 13.5 Å². The van der Waals surface area contributed by atoms with E-state index in [1.54, 1.807) is 6.07 Å². The number of hydrogen-bond donors (Lipinski definition) is 1. The van der Waals surface area contributed by atoms with Gasteiger partial charge in [0.25, 0.3) is 5.56 Å². The van der Waals surface area contributed by atoms with Gasteiger partial charge in [-0.2, -0.15) is 5.10 Å². The van der Waals surface area contributed by atoms with Gasteiger partial charge in [-0.3, -0.25) is 9.59 Å². The smallest absolute Gasteiger partial charge is 0.325 e. The average Bonchev–Trinajstić information content (AvgIpc) is 2.47. The molecule has 0 aliphatic rings. The molecule has 0 saturated heterocycles. The number of anilines is 1. The molecule has 1 N–H and O–H groups in total. The standard InChI is InChI=1S/C16H22N4O3/c1-11-5-6-12-13(9-11)15(19(4)8-7-18(2)3)17-20(16(12)23)10-14(21)22/h5-6,9H,7-8,10H2,1-4H3,(H,21,22). The van der Waals surface area contributed by atoms with E-state index in [9.17, 15) is 9.59 Å². The number of carboxylic acid groups (broad SMARTS) is 1. The number of hydrogen-bond acceptors (Lipinski definition) is 5. The minimum absolute atomic E-state index is 0.382. The molecule has 2 rings (SSSR count). The average molecular weight is 318 g/mol. The quantitative estimate of drug-likeness (QED) is 0.848. The minimum Gasteiger partial charge on any atom is -0.480 e. The Bertz CT molecular complexity index is 783. The van der Waals surface area contributed by atoms with Crippen molar-refractivity contribution in [1.29, 1.82) is 0 Å². The topological polar surface area (TPSA) is 78.7 Å². The number of nitrogens with zero attached hydrogens (tertiary/aromatic N) is 4. The number of rotatable bonds is 6. The van der Waals surface area contributed by atoms with Gasteiger partial charge < -0.3 is 14.9 Å². The van der Waals surface area contributed by atoms with E-state index in [0.29, 0.717) is 17.7 Å². The number of aliphatic carboxylic acids is 1. The molecule has 0 aliphatic carbocycles. The number of likely N-dealkylation sites (N-methyl/N-ethyl adjacent to an activating group) is 2. The van der Waals surface area contributed by atoms with E-state index < -0.39 is 12.5 Å². The van der Waals surface area contributed by atoms with Crippen molar-refractivity contribution < 1.29 is 9.90 Å². The van der Waals surface area contributed by atoms with Crippen LogP contribution >= 0.6 is 0 Å². The van der Waals surface area contributed by atoms with E-state index in [1.807, 2.05) is 45.1 Å². The fourth-order valence-electron chi connectivity index (χ4n) is 2.36. The molecule has 124 valence electrons. The Morgan fingerprint density at radius 2 is 1.91 bits per heavy atom. The first-order valence-corrected chi connectivity index (χ1v) is 7.38. The second kappa shape index (κ2) is 6.78. The summed E-state index contributed by atoms with van der Waals surface area (Å²) < 4.78 is 1.02. The molecule has 0 aliphatic heterocycles. The van der Waals surface area contributed by atoms with Crippen LogP contribution in [-0.2, 0) is 11.3 Å². The molecule has 7 nitrogen and oxygen atoms in total. The highest BCUT2D eigenvalue weighted by atomic mass is 16.4. The Morgan fingerprint density at radius 3 is 2.52 bits per heavy atom. The summed E-state index contributed by atoms with van der Waals surface area (Å²) in [6.45, 7) is 3.04. The highest BCUT2D eigenvalue weighted by Gasteiger charge is 2.15. The van der Waals surface area contributed by atoms with Crippen LogP contribution in [0.3, 0.4) is 0 Å². The van der Waals surface area contributed by atoms with E-state index in [0.717, 1.165) is 22.2 Å². The molecule has 0 atom stereocenters. The Kier molecular flexibility index (Phi) is 5.00. The molecule has 1 aromatic heterocycles. The number of carboxylic acids is 1. The van der Waals surface area contributed by atoms with Gasteiger partial charge in [-0.15, -0.1) is 0 Å². The molecule has 0 amide bonds. The maximum Gasteiger partial charge on any atom is 0.325 e. The molecule has 0 fully saturated rings. The highest BCUT2D eigenvalue weighted by molar-refractivity contribution is 5.92. The van der Waals surface area contributed by atoms with Gasteiger partial charge in [-0.05, 0) is 33.2 Å². The zero-order valence-corrected chi connectivity index (χ0v) is 13.9. The van der Waals surface area contributed by atoms with E-state index in [-0.39, 0.29) is 5.56 Å². The molecule has 0 bridgehead atoms. The molecule has 2 aromatic rings. The zero-order chi connectivity index (χ0) is 17.1. The number of fused-ring (bicyclic) bond motifs is 1. The largest absolute Gasteiger partial charge is 0.480 e. The maximum absolute atomic E-state index is 12.4. The number of aromatic nitrogens is 2. The second-order valence-corrected chi connectivity index (χ2v) is 5.95. The zero-order valence-electron chi connectivity index (χ0n) is 13.9. The van der Waals surface area contributed by atoms with Crippen LogP contribution < -0.4 is 10.5 Å². The van der Waals surface area contributed by atoms with Gasteiger partial charge in [-0.1, -0.05) is 11.6 Å². The fraction of sp³-hybridized carbons (Fsp3) is 0.438. The van der Waals surface area contributed by atoms with E-state index in [1.165, 1.54) is 0 Å². The van der Waals surface area contributed by atoms with Crippen molar-refractivity contribution in [3.63, 3.8) is 0 Å². The first-order valence-electron chi connectivity index (χ1n) is 7.38. The van der Waals surface area contributed by atoms with Crippen molar-refractivity contribution in [2.24, 2.45) is 0 Å². The van der Waals surface area contributed by atoms with Crippen LogP contribution in [-0.4, -0.2) is 60.0 Å². The van der Waals surface area contributed by atoms with Gasteiger partial charge in [0.15, 0.2) is 5.82 Å². The molecule has 0 spiro atoms. The predicted molar refractivity (Wildman–Crippen MR) is 90.2 cm³/mol. The first kappa shape index (κ1) is 17.0. The van der Waals surface area contributed by atoms with Crippen molar-refractivity contribution in [3.8, 4) is 0 Å². The van der Waals surface area contributed by atoms with Crippen LogP contribution in [0.5, 0.6) is 0 Å². The monoisotopic (exact) mass is 318 g/mol. The lowest BCUT2D eigenvalue weighted by molar-refractivity contribution is -0.137. The van der Waals surface area contributed by atoms with Crippen LogP contribution in [0.2, 0.25) is 0 Å². The van der Waals surface area contributed by atoms with Crippen LogP contribution in [0.15, 0.2) is 23.0 Å². The summed E-state index contributed by atoms with van der Waals surface area (Å²) in [6, 6.07) is 5.49. The SMILES string of the molecule is Cc1ccc2c(=O)n(CC(=O)O)nc(N(C)CCN(C)C)c2c1. The number of benzene rings is 1. The molecule has 0 unspecified atom stereocenters. The van der Waals surface area contributed by atoms with Crippen LogP contribution in [0, 0.1) is 6.92 Å². The number of carbonyl (C=O) groups is 1. The third kappa shape index (κ3) is 3.87. The minimum atomic E-state index is -1.09. The lowest BCUT2D eigenvalue weighted by Gasteiger charge is -2.22. The molecule has 7 heteroatoms. The van der Waals surface area contributed by atoms with Gasteiger partial charge in [-0.25, -0.2) is 4.68 Å². The molecule has 1 aromatic carbocycles. The van der Waals surface area contributed by atoms with E-state index >= 15 is 0 Å². The van der Waals surface area contributed by atoms with Crippen LogP contribution in [0.25, 0.3) is 10.8 Å². The van der Waals surface area contributed by atoms with Gasteiger partial charge in [0.1, 0.15) is 6.54 Å². The second-order valence-electron chi connectivity index (χ2n) is 5.95. The Balaban J connectivity index is 2.60.